The van der Waals surface area contributed by atoms with Crippen LogP contribution in [0.2, 0.25) is 0 Å². The van der Waals surface area contributed by atoms with Crippen molar-refractivity contribution in [3.8, 4) is 11.5 Å². The van der Waals surface area contributed by atoms with Gasteiger partial charge in [0.25, 0.3) is 0 Å². The van der Waals surface area contributed by atoms with E-state index in [2.05, 4.69) is 47.6 Å². The summed E-state index contributed by atoms with van der Waals surface area (Å²) in [5.74, 6) is 1.52. The van der Waals surface area contributed by atoms with E-state index < -0.39 is 0 Å². The third kappa shape index (κ3) is 3.57. The van der Waals surface area contributed by atoms with E-state index in [1.54, 1.807) is 14.2 Å². The predicted octanol–water partition coefficient (Wildman–Crippen LogP) is 3.68. The third-order valence-electron chi connectivity index (χ3n) is 5.35. The molecule has 3 heterocycles. The Kier molecular flexibility index (Phi) is 5.14. The first-order valence-corrected chi connectivity index (χ1v) is 9.39. The maximum absolute atomic E-state index is 5.73. The molecule has 0 fully saturated rings. The SMILES string of the molecule is COc1cc2c(cc1OC)[C@@H](C1=CCCOC1)N[C@@H](c1ccc(C)cn1)C2. The summed E-state index contributed by atoms with van der Waals surface area (Å²) < 4.78 is 16.8. The maximum Gasteiger partial charge on any atom is 0.161 e. The van der Waals surface area contributed by atoms with Crippen molar-refractivity contribution < 1.29 is 14.2 Å². The van der Waals surface area contributed by atoms with E-state index in [9.17, 15) is 0 Å². The van der Waals surface area contributed by atoms with Gasteiger partial charge in [-0.3, -0.25) is 10.3 Å². The average Bonchev–Trinajstić information content (AvgIpc) is 2.73. The van der Waals surface area contributed by atoms with Crippen LogP contribution in [0.25, 0.3) is 0 Å². The van der Waals surface area contributed by atoms with Crippen LogP contribution in [0.15, 0.2) is 42.1 Å². The van der Waals surface area contributed by atoms with Gasteiger partial charge in [-0.05, 0) is 60.2 Å². The van der Waals surface area contributed by atoms with E-state index in [1.165, 1.54) is 22.3 Å². The zero-order valence-electron chi connectivity index (χ0n) is 16.1. The van der Waals surface area contributed by atoms with E-state index in [4.69, 9.17) is 14.2 Å². The van der Waals surface area contributed by atoms with Gasteiger partial charge in [-0.25, -0.2) is 0 Å². The van der Waals surface area contributed by atoms with Crippen LogP contribution in [0.3, 0.4) is 0 Å². The Morgan fingerprint density at radius 1 is 1.15 bits per heavy atom. The van der Waals surface area contributed by atoms with Crippen LogP contribution in [0.1, 0.15) is 40.9 Å². The highest BCUT2D eigenvalue weighted by atomic mass is 16.5. The number of nitrogens with zero attached hydrogens (tertiary/aromatic N) is 1. The zero-order chi connectivity index (χ0) is 18.8. The van der Waals surface area contributed by atoms with E-state index in [-0.39, 0.29) is 12.1 Å². The van der Waals surface area contributed by atoms with E-state index in [1.807, 2.05) is 6.20 Å². The van der Waals surface area contributed by atoms with Crippen LogP contribution in [0.5, 0.6) is 11.5 Å². The average molecular weight is 366 g/mol. The van der Waals surface area contributed by atoms with Crippen LogP contribution in [0.4, 0.5) is 0 Å². The topological polar surface area (TPSA) is 52.6 Å². The summed E-state index contributed by atoms with van der Waals surface area (Å²) in [5, 5.41) is 3.80. The molecular formula is C22H26N2O3. The molecule has 0 saturated carbocycles. The number of hydrogen-bond donors (Lipinski definition) is 1. The number of aromatic nitrogens is 1. The van der Waals surface area contributed by atoms with Crippen LogP contribution in [0, 0.1) is 6.92 Å². The number of benzene rings is 1. The molecule has 27 heavy (non-hydrogen) atoms. The highest BCUT2D eigenvalue weighted by molar-refractivity contribution is 5.52. The first kappa shape index (κ1) is 18.0. The molecule has 5 nitrogen and oxygen atoms in total. The minimum absolute atomic E-state index is 0.0851. The number of nitrogens with one attached hydrogen (secondary N) is 1. The van der Waals surface area contributed by atoms with Gasteiger partial charge in [-0.1, -0.05) is 12.1 Å². The normalized spacial score (nSPS) is 22.0. The number of pyridine rings is 1. The molecule has 1 aromatic heterocycles. The zero-order valence-corrected chi connectivity index (χ0v) is 16.1. The molecule has 142 valence electrons. The second-order valence-electron chi connectivity index (χ2n) is 7.14. The number of methoxy groups -OCH3 is 2. The van der Waals surface area contributed by atoms with Gasteiger partial charge in [0.15, 0.2) is 11.5 Å². The summed E-state index contributed by atoms with van der Waals surface area (Å²) in [7, 11) is 3.36. The third-order valence-corrected chi connectivity index (χ3v) is 5.35. The lowest BCUT2D eigenvalue weighted by Crippen LogP contribution is -2.36. The number of aryl methyl sites for hydroxylation is 1. The van der Waals surface area contributed by atoms with Gasteiger partial charge in [-0.15, -0.1) is 0 Å². The standard InChI is InChI=1S/C22H26N2O3/c1-14-6-7-18(23-12-14)19-9-16-10-20(25-2)21(26-3)11-17(16)22(24-19)15-5-4-8-27-13-15/h5-7,10-12,19,22,24H,4,8-9,13H2,1-3H3/t19-,22-/m1/s1. The molecule has 1 aromatic carbocycles. The molecule has 0 bridgehead atoms. The fourth-order valence-corrected chi connectivity index (χ4v) is 3.91. The lowest BCUT2D eigenvalue weighted by atomic mass is 9.84. The van der Waals surface area contributed by atoms with Crippen molar-refractivity contribution in [3.05, 3.63) is 64.5 Å². The Morgan fingerprint density at radius 3 is 2.63 bits per heavy atom. The minimum Gasteiger partial charge on any atom is -0.493 e. The van der Waals surface area contributed by atoms with Crippen molar-refractivity contribution in [2.24, 2.45) is 0 Å². The number of fused-ring (bicyclic) bond motifs is 1. The molecule has 2 aliphatic heterocycles. The van der Waals surface area contributed by atoms with Crippen molar-refractivity contribution >= 4 is 0 Å². The predicted molar refractivity (Wildman–Crippen MR) is 104 cm³/mol. The lowest BCUT2D eigenvalue weighted by molar-refractivity contribution is 0.143. The molecule has 0 radical (unpaired) electrons. The van der Waals surface area contributed by atoms with E-state index >= 15 is 0 Å². The van der Waals surface area contributed by atoms with Crippen LogP contribution in [-0.4, -0.2) is 32.4 Å². The van der Waals surface area contributed by atoms with Crippen molar-refractivity contribution in [1.29, 1.82) is 0 Å². The quantitative estimate of drug-likeness (QED) is 0.837. The lowest BCUT2D eigenvalue weighted by Gasteiger charge is -2.36. The smallest absolute Gasteiger partial charge is 0.161 e. The van der Waals surface area contributed by atoms with Crippen molar-refractivity contribution in [2.45, 2.75) is 31.8 Å². The maximum atomic E-state index is 5.73. The highest BCUT2D eigenvalue weighted by Crippen LogP contribution is 2.41. The molecule has 4 rings (SSSR count). The van der Waals surface area contributed by atoms with Crippen LogP contribution in [-0.2, 0) is 11.2 Å². The van der Waals surface area contributed by atoms with Gasteiger partial charge >= 0.3 is 0 Å². The molecule has 0 spiro atoms. The molecule has 2 atom stereocenters. The monoisotopic (exact) mass is 366 g/mol. The van der Waals surface area contributed by atoms with Gasteiger partial charge in [-0.2, -0.15) is 0 Å². The second kappa shape index (κ2) is 7.71. The Balaban J connectivity index is 1.77. The summed E-state index contributed by atoms with van der Waals surface area (Å²) in [6, 6.07) is 8.66. The Bertz CT molecular complexity index is 845. The number of hydrogen-bond acceptors (Lipinski definition) is 5. The van der Waals surface area contributed by atoms with Crippen LogP contribution < -0.4 is 14.8 Å². The second-order valence-corrected chi connectivity index (χ2v) is 7.14. The highest BCUT2D eigenvalue weighted by Gasteiger charge is 2.32. The van der Waals surface area contributed by atoms with Crippen molar-refractivity contribution in [2.75, 3.05) is 27.4 Å². The van der Waals surface area contributed by atoms with Gasteiger partial charge in [0.2, 0.25) is 0 Å². The van der Waals surface area contributed by atoms with Gasteiger partial charge in [0.1, 0.15) is 0 Å². The minimum atomic E-state index is 0.0851. The molecule has 2 aromatic rings. The van der Waals surface area contributed by atoms with Gasteiger partial charge < -0.3 is 14.2 Å². The molecule has 2 aliphatic rings. The fourth-order valence-electron chi connectivity index (χ4n) is 3.91. The Labute approximate surface area is 160 Å². The van der Waals surface area contributed by atoms with E-state index in [0.29, 0.717) is 6.61 Å². The first-order chi connectivity index (χ1) is 13.2. The summed E-state index contributed by atoms with van der Waals surface area (Å²) >= 11 is 0. The fraction of sp³-hybridized carbons (Fsp3) is 0.409. The van der Waals surface area contributed by atoms with Crippen molar-refractivity contribution in [3.63, 3.8) is 0 Å². The summed E-state index contributed by atoms with van der Waals surface area (Å²) in [4.78, 5) is 4.66. The van der Waals surface area contributed by atoms with Gasteiger partial charge in [0.05, 0.1) is 45.2 Å². The van der Waals surface area contributed by atoms with Crippen LogP contribution >= 0.6 is 0 Å². The molecule has 5 heteroatoms. The Morgan fingerprint density at radius 2 is 1.96 bits per heavy atom. The van der Waals surface area contributed by atoms with Gasteiger partial charge in [0, 0.05) is 6.20 Å². The summed E-state index contributed by atoms with van der Waals surface area (Å²) in [5.41, 5.74) is 5.99. The van der Waals surface area contributed by atoms with E-state index in [0.717, 1.165) is 36.6 Å². The molecule has 0 aliphatic carbocycles. The Hall–Kier alpha value is -2.37. The number of ether oxygens (including phenoxy) is 3. The summed E-state index contributed by atoms with van der Waals surface area (Å²) in [6.45, 7) is 3.50. The largest absolute Gasteiger partial charge is 0.493 e. The molecule has 0 saturated heterocycles. The molecule has 0 amide bonds. The van der Waals surface area contributed by atoms with Crippen molar-refractivity contribution in [1.82, 2.24) is 10.3 Å². The molecule has 1 N–H and O–H groups in total. The first-order valence-electron chi connectivity index (χ1n) is 9.39. The number of rotatable bonds is 4. The molecule has 0 unspecified atom stereocenters. The summed E-state index contributed by atoms with van der Waals surface area (Å²) in [6.07, 6.45) is 6.03. The molecular weight excluding hydrogens is 340 g/mol.